The van der Waals surface area contributed by atoms with E-state index in [2.05, 4.69) is 25.5 Å². The van der Waals surface area contributed by atoms with E-state index in [-0.39, 0.29) is 17.9 Å². The molecule has 3 atom stereocenters. The van der Waals surface area contributed by atoms with Crippen molar-refractivity contribution in [3.63, 3.8) is 0 Å². The molecule has 0 aromatic carbocycles. The third-order valence-corrected chi connectivity index (χ3v) is 3.03. The Morgan fingerprint density at radius 3 is 2.29 bits per heavy atom. The average Bonchev–Trinajstić information content (AvgIpc) is 2.23. The summed E-state index contributed by atoms with van der Waals surface area (Å²) in [5, 5.41) is 0. The quantitative estimate of drug-likeness (QED) is 0.668. The monoisotopic (exact) mass is 201 g/mol. The van der Waals surface area contributed by atoms with E-state index in [4.69, 9.17) is 5.73 Å². The zero-order chi connectivity index (χ0) is 11.1. The largest absolute Gasteiger partial charge is 0.469 e. The Morgan fingerprint density at radius 2 is 1.93 bits per heavy atom. The van der Waals surface area contributed by atoms with E-state index >= 15 is 0 Å². The van der Waals surface area contributed by atoms with Crippen molar-refractivity contribution in [2.45, 2.75) is 46.1 Å². The molecule has 2 N–H and O–H groups in total. The van der Waals surface area contributed by atoms with Crippen molar-refractivity contribution >= 4 is 5.97 Å². The summed E-state index contributed by atoms with van der Waals surface area (Å²) in [5.74, 6) is 0.570. The van der Waals surface area contributed by atoms with E-state index in [0.29, 0.717) is 12.3 Å². The lowest BCUT2D eigenvalue weighted by molar-refractivity contribution is -0.142. The van der Waals surface area contributed by atoms with Gasteiger partial charge in [-0.1, -0.05) is 27.2 Å². The highest BCUT2D eigenvalue weighted by Gasteiger charge is 2.24. The minimum atomic E-state index is -0.154. The molecule has 0 saturated heterocycles. The second-order valence-corrected chi connectivity index (χ2v) is 3.90. The molecule has 0 amide bonds. The fraction of sp³-hybridized carbons (Fsp3) is 0.909. The number of carbonyl (C=O) groups excluding carboxylic acids is 1. The van der Waals surface area contributed by atoms with Gasteiger partial charge in [0, 0.05) is 6.04 Å². The minimum absolute atomic E-state index is 0.101. The average molecular weight is 201 g/mol. The molecule has 0 saturated carbocycles. The molecule has 3 unspecified atom stereocenters. The van der Waals surface area contributed by atoms with E-state index < -0.39 is 0 Å². The standard InChI is InChI=1S/C11H23NO2/c1-5-8(3)9(10(12)6-2)7-11(13)14-4/h8-10H,5-7,12H2,1-4H3. The van der Waals surface area contributed by atoms with Crippen LogP contribution in [0.5, 0.6) is 0 Å². The predicted molar refractivity (Wildman–Crippen MR) is 57.8 cm³/mol. The van der Waals surface area contributed by atoms with Gasteiger partial charge in [0.2, 0.25) is 0 Å². The minimum Gasteiger partial charge on any atom is -0.469 e. The molecule has 0 heterocycles. The van der Waals surface area contributed by atoms with E-state index in [9.17, 15) is 4.79 Å². The summed E-state index contributed by atoms with van der Waals surface area (Å²) in [6.07, 6.45) is 2.40. The first-order chi connectivity index (χ1) is 6.56. The maximum Gasteiger partial charge on any atom is 0.305 e. The number of nitrogens with two attached hydrogens (primary N) is 1. The van der Waals surface area contributed by atoms with Crippen LogP contribution in [0.4, 0.5) is 0 Å². The summed E-state index contributed by atoms with van der Waals surface area (Å²) < 4.78 is 4.68. The Kier molecular flexibility index (Phi) is 6.54. The van der Waals surface area contributed by atoms with Crippen LogP contribution in [0, 0.1) is 11.8 Å². The number of carbonyl (C=O) groups is 1. The summed E-state index contributed by atoms with van der Waals surface area (Å²) in [6, 6.07) is 0.101. The van der Waals surface area contributed by atoms with Crippen LogP contribution in [-0.4, -0.2) is 19.1 Å². The Morgan fingerprint density at radius 1 is 1.36 bits per heavy atom. The van der Waals surface area contributed by atoms with Gasteiger partial charge < -0.3 is 10.5 Å². The highest BCUT2D eigenvalue weighted by atomic mass is 16.5. The molecule has 3 heteroatoms. The maximum atomic E-state index is 11.2. The number of rotatable bonds is 6. The Hall–Kier alpha value is -0.570. The number of methoxy groups -OCH3 is 1. The van der Waals surface area contributed by atoms with Gasteiger partial charge in [0.25, 0.3) is 0 Å². The van der Waals surface area contributed by atoms with Crippen molar-refractivity contribution in [1.82, 2.24) is 0 Å². The van der Waals surface area contributed by atoms with Gasteiger partial charge in [-0.3, -0.25) is 4.79 Å². The molecule has 0 aromatic heterocycles. The van der Waals surface area contributed by atoms with Crippen molar-refractivity contribution in [3.8, 4) is 0 Å². The van der Waals surface area contributed by atoms with E-state index in [1.807, 2.05) is 0 Å². The van der Waals surface area contributed by atoms with E-state index in [1.165, 1.54) is 7.11 Å². The molecule has 84 valence electrons. The summed E-state index contributed by atoms with van der Waals surface area (Å²) in [7, 11) is 1.42. The predicted octanol–water partition coefficient (Wildman–Crippen LogP) is 1.95. The molecule has 0 radical (unpaired) electrons. The first-order valence-electron chi connectivity index (χ1n) is 5.39. The van der Waals surface area contributed by atoms with Crippen molar-refractivity contribution in [1.29, 1.82) is 0 Å². The van der Waals surface area contributed by atoms with Crippen LogP contribution in [0.15, 0.2) is 0 Å². The van der Waals surface area contributed by atoms with Crippen LogP contribution < -0.4 is 5.73 Å². The summed E-state index contributed by atoms with van der Waals surface area (Å²) in [6.45, 7) is 6.32. The first-order valence-corrected chi connectivity index (χ1v) is 5.39. The number of ether oxygens (including phenoxy) is 1. The van der Waals surface area contributed by atoms with Crippen LogP contribution in [0.3, 0.4) is 0 Å². The third kappa shape index (κ3) is 4.09. The van der Waals surface area contributed by atoms with Gasteiger partial charge in [-0.05, 0) is 18.3 Å². The molecule has 0 aromatic rings. The zero-order valence-corrected chi connectivity index (χ0v) is 9.75. The zero-order valence-electron chi connectivity index (χ0n) is 9.75. The van der Waals surface area contributed by atoms with Crippen molar-refractivity contribution in [3.05, 3.63) is 0 Å². The molecule has 0 spiro atoms. The van der Waals surface area contributed by atoms with Crippen LogP contribution in [0.25, 0.3) is 0 Å². The van der Waals surface area contributed by atoms with Gasteiger partial charge in [-0.25, -0.2) is 0 Å². The van der Waals surface area contributed by atoms with Gasteiger partial charge in [0.05, 0.1) is 13.5 Å². The van der Waals surface area contributed by atoms with Crippen molar-refractivity contribution in [2.24, 2.45) is 17.6 Å². The lowest BCUT2D eigenvalue weighted by atomic mass is 9.82. The summed E-state index contributed by atoms with van der Waals surface area (Å²) in [5.41, 5.74) is 5.99. The van der Waals surface area contributed by atoms with Crippen LogP contribution in [0.1, 0.15) is 40.0 Å². The number of esters is 1. The Balaban J connectivity index is 4.31. The van der Waals surface area contributed by atoms with Crippen LogP contribution in [0.2, 0.25) is 0 Å². The van der Waals surface area contributed by atoms with Crippen LogP contribution in [-0.2, 0) is 9.53 Å². The molecule has 3 nitrogen and oxygen atoms in total. The van der Waals surface area contributed by atoms with Gasteiger partial charge in [-0.15, -0.1) is 0 Å². The Bertz CT molecular complexity index is 161. The summed E-state index contributed by atoms with van der Waals surface area (Å²) >= 11 is 0. The van der Waals surface area contributed by atoms with Gasteiger partial charge >= 0.3 is 5.97 Å². The van der Waals surface area contributed by atoms with Gasteiger partial charge in [-0.2, -0.15) is 0 Å². The topological polar surface area (TPSA) is 52.3 Å². The molecule has 0 bridgehead atoms. The highest BCUT2D eigenvalue weighted by Crippen LogP contribution is 2.23. The molecule has 0 fully saturated rings. The van der Waals surface area contributed by atoms with Crippen molar-refractivity contribution < 1.29 is 9.53 Å². The van der Waals surface area contributed by atoms with E-state index in [0.717, 1.165) is 12.8 Å². The second-order valence-electron chi connectivity index (χ2n) is 3.90. The molecule has 0 aliphatic rings. The summed E-state index contributed by atoms with van der Waals surface area (Å²) in [4.78, 5) is 11.2. The maximum absolute atomic E-state index is 11.2. The molecule has 0 rings (SSSR count). The Labute approximate surface area is 87.0 Å². The lowest BCUT2D eigenvalue weighted by Gasteiger charge is -2.27. The second kappa shape index (κ2) is 6.82. The fourth-order valence-corrected chi connectivity index (χ4v) is 1.66. The van der Waals surface area contributed by atoms with Gasteiger partial charge in [0.15, 0.2) is 0 Å². The molecule has 14 heavy (non-hydrogen) atoms. The van der Waals surface area contributed by atoms with Crippen molar-refractivity contribution in [2.75, 3.05) is 7.11 Å². The van der Waals surface area contributed by atoms with Crippen LogP contribution >= 0.6 is 0 Å². The number of hydrogen-bond donors (Lipinski definition) is 1. The lowest BCUT2D eigenvalue weighted by Crippen LogP contribution is -2.35. The fourth-order valence-electron chi connectivity index (χ4n) is 1.66. The number of hydrogen-bond acceptors (Lipinski definition) is 3. The van der Waals surface area contributed by atoms with Gasteiger partial charge in [0.1, 0.15) is 0 Å². The SMILES string of the molecule is CCC(C)C(CC(=O)OC)C(N)CC. The molecular weight excluding hydrogens is 178 g/mol. The molecule has 0 aliphatic heterocycles. The van der Waals surface area contributed by atoms with E-state index in [1.54, 1.807) is 0 Å². The first kappa shape index (κ1) is 13.4. The molecule has 0 aliphatic carbocycles. The smallest absolute Gasteiger partial charge is 0.305 e. The molecular formula is C11H23NO2. The highest BCUT2D eigenvalue weighted by molar-refractivity contribution is 5.69. The normalized spacial score (nSPS) is 17.2. The third-order valence-electron chi connectivity index (χ3n) is 3.03.